The molecule has 0 fully saturated rings. The molecule has 5 rings (SSSR count). The number of ether oxygens (including phenoxy) is 3. The molecule has 228 valence electrons. The lowest BCUT2D eigenvalue weighted by Crippen LogP contribution is -2.43. The van der Waals surface area contributed by atoms with Crippen LogP contribution in [0.15, 0.2) is 88.8 Å². The summed E-state index contributed by atoms with van der Waals surface area (Å²) in [5.74, 6) is 1.15. The van der Waals surface area contributed by atoms with Gasteiger partial charge in [0.1, 0.15) is 17.9 Å². The largest absolute Gasteiger partial charge is 0.494 e. The predicted molar refractivity (Wildman–Crippen MR) is 167 cm³/mol. The number of unbranched alkanes of at least 4 members (excludes halogenated alkanes) is 1. The Morgan fingerprint density at radius 3 is 2.57 bits per heavy atom. The average Bonchev–Trinajstić information content (AvgIpc) is 3.50. The fourth-order valence-electron chi connectivity index (χ4n) is 4.80. The molecule has 4 aromatic rings. The van der Waals surface area contributed by atoms with E-state index in [2.05, 4.69) is 13.5 Å². The molecule has 0 saturated heterocycles. The number of carbonyl (C=O) groups is 2. The van der Waals surface area contributed by atoms with E-state index in [1.165, 1.54) is 16.1 Å². The zero-order valence-electron chi connectivity index (χ0n) is 24.4. The Morgan fingerprint density at radius 2 is 1.80 bits per heavy atom. The normalized spacial score (nSPS) is 11.8. The number of rotatable bonds is 13. The summed E-state index contributed by atoms with van der Waals surface area (Å²) in [5.41, 5.74) is 1.54. The van der Waals surface area contributed by atoms with Crippen LogP contribution in [0.25, 0.3) is 11.0 Å². The van der Waals surface area contributed by atoms with Crippen LogP contribution in [0.5, 0.6) is 17.2 Å². The summed E-state index contributed by atoms with van der Waals surface area (Å²) in [6.07, 6.45) is 4.88. The SMILES string of the molecule is C=CCN(CC(=O)N(Cc1ccc2c(c1)OCO2)Cc1coc2ccc(Cl)cc2c1=O)C(=O)c1ccc(OCCCC)cc1. The number of amides is 2. The smallest absolute Gasteiger partial charge is 0.254 e. The fraction of sp³-hybridized carbons (Fsp3) is 0.265. The lowest BCUT2D eigenvalue weighted by atomic mass is 10.1. The number of hydrogen-bond donors (Lipinski definition) is 0. The van der Waals surface area contributed by atoms with Crippen LogP contribution in [-0.2, 0) is 17.9 Å². The van der Waals surface area contributed by atoms with E-state index >= 15 is 0 Å². The van der Waals surface area contributed by atoms with Gasteiger partial charge in [0.2, 0.25) is 12.7 Å². The second-order valence-corrected chi connectivity index (χ2v) is 10.8. The van der Waals surface area contributed by atoms with Crippen molar-refractivity contribution in [2.45, 2.75) is 32.9 Å². The highest BCUT2D eigenvalue weighted by atomic mass is 35.5. The lowest BCUT2D eigenvalue weighted by molar-refractivity contribution is -0.133. The topological polar surface area (TPSA) is 98.5 Å². The molecule has 2 amide bonds. The van der Waals surface area contributed by atoms with Gasteiger partial charge in [0, 0.05) is 23.7 Å². The summed E-state index contributed by atoms with van der Waals surface area (Å²) in [7, 11) is 0. The van der Waals surface area contributed by atoms with Crippen molar-refractivity contribution in [3.05, 3.63) is 112 Å². The number of hydrogen-bond acceptors (Lipinski definition) is 7. The summed E-state index contributed by atoms with van der Waals surface area (Å²) in [4.78, 5) is 43.7. The van der Waals surface area contributed by atoms with Crippen molar-refractivity contribution in [2.75, 3.05) is 26.5 Å². The monoisotopic (exact) mass is 616 g/mol. The van der Waals surface area contributed by atoms with E-state index in [1.807, 2.05) is 6.07 Å². The van der Waals surface area contributed by atoms with Crippen molar-refractivity contribution in [1.82, 2.24) is 9.80 Å². The maximum atomic E-state index is 13.9. The van der Waals surface area contributed by atoms with Crippen LogP contribution in [0, 0.1) is 0 Å². The number of fused-ring (bicyclic) bond motifs is 2. The molecular formula is C34H33ClN2O7. The molecule has 3 aromatic carbocycles. The van der Waals surface area contributed by atoms with E-state index in [1.54, 1.807) is 60.7 Å². The highest BCUT2D eigenvalue weighted by molar-refractivity contribution is 6.31. The Labute approximate surface area is 260 Å². The van der Waals surface area contributed by atoms with Gasteiger partial charge in [0.15, 0.2) is 16.9 Å². The molecule has 0 unspecified atom stereocenters. The maximum Gasteiger partial charge on any atom is 0.254 e. The molecule has 0 atom stereocenters. The van der Waals surface area contributed by atoms with Crippen LogP contribution >= 0.6 is 11.6 Å². The van der Waals surface area contributed by atoms with Crippen molar-refractivity contribution < 1.29 is 28.2 Å². The minimum Gasteiger partial charge on any atom is -0.494 e. The van der Waals surface area contributed by atoms with Crippen molar-refractivity contribution in [3.63, 3.8) is 0 Å². The molecule has 2 heterocycles. The molecular weight excluding hydrogens is 584 g/mol. The van der Waals surface area contributed by atoms with Gasteiger partial charge in [-0.05, 0) is 66.6 Å². The second-order valence-electron chi connectivity index (χ2n) is 10.4. The van der Waals surface area contributed by atoms with Crippen molar-refractivity contribution >= 4 is 34.4 Å². The fourth-order valence-corrected chi connectivity index (χ4v) is 4.97. The summed E-state index contributed by atoms with van der Waals surface area (Å²) in [6, 6.07) is 17.1. The molecule has 0 saturated carbocycles. The van der Waals surface area contributed by atoms with Crippen molar-refractivity contribution in [1.29, 1.82) is 0 Å². The van der Waals surface area contributed by atoms with Crippen LogP contribution in [0.1, 0.15) is 41.3 Å². The van der Waals surface area contributed by atoms with E-state index in [9.17, 15) is 14.4 Å². The summed E-state index contributed by atoms with van der Waals surface area (Å²) in [6.45, 7) is 6.57. The van der Waals surface area contributed by atoms with Crippen LogP contribution in [-0.4, -0.2) is 48.1 Å². The Morgan fingerprint density at radius 1 is 1.00 bits per heavy atom. The van der Waals surface area contributed by atoms with E-state index < -0.39 is 0 Å². The summed E-state index contributed by atoms with van der Waals surface area (Å²) in [5, 5.41) is 0.713. The van der Waals surface area contributed by atoms with E-state index in [-0.39, 0.29) is 55.8 Å². The standard InChI is InChI=1S/C34H33ClN2O7/c1-3-5-15-41-27-10-7-24(8-11-27)34(40)36(14-4-2)20-32(38)37(18-23-6-12-30-31(16-23)44-22-43-30)19-25-21-42-29-13-9-26(35)17-28(29)33(25)39/h4,6-13,16-17,21H,2-3,5,14-15,18-20,22H2,1H3. The quantitative estimate of drug-likeness (QED) is 0.130. The number of benzene rings is 3. The second kappa shape index (κ2) is 14.1. The number of nitrogens with zero attached hydrogens (tertiary/aromatic N) is 2. The van der Waals surface area contributed by atoms with Gasteiger partial charge in [0.25, 0.3) is 5.91 Å². The van der Waals surface area contributed by atoms with Crippen LogP contribution in [0.3, 0.4) is 0 Å². The molecule has 1 aliphatic heterocycles. The highest BCUT2D eigenvalue weighted by Crippen LogP contribution is 2.33. The Kier molecular flexibility index (Phi) is 9.86. The van der Waals surface area contributed by atoms with Crippen LogP contribution in [0.2, 0.25) is 5.02 Å². The van der Waals surface area contributed by atoms with E-state index in [4.69, 9.17) is 30.2 Å². The molecule has 0 spiro atoms. The molecule has 0 aliphatic carbocycles. The number of carbonyl (C=O) groups excluding carboxylic acids is 2. The van der Waals surface area contributed by atoms with Crippen molar-refractivity contribution in [2.24, 2.45) is 0 Å². The number of halogens is 1. The third kappa shape index (κ3) is 7.23. The summed E-state index contributed by atoms with van der Waals surface area (Å²) >= 11 is 6.14. The van der Waals surface area contributed by atoms with E-state index in [0.29, 0.717) is 45.4 Å². The van der Waals surface area contributed by atoms with Gasteiger partial charge in [0.05, 0.1) is 30.4 Å². The molecule has 1 aromatic heterocycles. The van der Waals surface area contributed by atoms with Gasteiger partial charge in [-0.2, -0.15) is 0 Å². The molecule has 10 heteroatoms. The van der Waals surface area contributed by atoms with Gasteiger partial charge in [-0.25, -0.2) is 0 Å². The van der Waals surface area contributed by atoms with Crippen LogP contribution < -0.4 is 19.6 Å². The first kappa shape index (κ1) is 30.7. The molecule has 0 N–H and O–H groups in total. The van der Waals surface area contributed by atoms with Gasteiger partial charge in [-0.1, -0.05) is 37.1 Å². The van der Waals surface area contributed by atoms with Gasteiger partial charge in [-0.3, -0.25) is 14.4 Å². The van der Waals surface area contributed by atoms with Gasteiger partial charge in [-0.15, -0.1) is 6.58 Å². The van der Waals surface area contributed by atoms with Gasteiger partial charge >= 0.3 is 0 Å². The van der Waals surface area contributed by atoms with Gasteiger partial charge < -0.3 is 28.4 Å². The first-order valence-corrected chi connectivity index (χ1v) is 14.7. The zero-order chi connectivity index (χ0) is 31.1. The molecule has 0 radical (unpaired) electrons. The average molecular weight is 617 g/mol. The molecule has 9 nitrogen and oxygen atoms in total. The highest BCUT2D eigenvalue weighted by Gasteiger charge is 2.24. The third-order valence-electron chi connectivity index (χ3n) is 7.16. The Bertz CT molecular complexity index is 1720. The summed E-state index contributed by atoms with van der Waals surface area (Å²) < 4.78 is 22.3. The predicted octanol–water partition coefficient (Wildman–Crippen LogP) is 6.21. The van der Waals surface area contributed by atoms with E-state index in [0.717, 1.165) is 18.4 Å². The lowest BCUT2D eigenvalue weighted by Gasteiger charge is -2.27. The third-order valence-corrected chi connectivity index (χ3v) is 7.40. The van der Waals surface area contributed by atoms with Crippen LogP contribution in [0.4, 0.5) is 0 Å². The molecule has 0 bridgehead atoms. The molecule has 1 aliphatic rings. The minimum absolute atomic E-state index is 0.0576. The zero-order valence-corrected chi connectivity index (χ0v) is 25.2. The van der Waals surface area contributed by atoms with Crippen molar-refractivity contribution in [3.8, 4) is 17.2 Å². The maximum absolute atomic E-state index is 13.9. The first-order valence-electron chi connectivity index (χ1n) is 14.4. The molecule has 44 heavy (non-hydrogen) atoms. The Balaban J connectivity index is 1.39. The Hall–Kier alpha value is -4.76. The minimum atomic E-state index is -0.372. The first-order chi connectivity index (χ1) is 21.4.